The minimum atomic E-state index is -1.89. The molecule has 2 heterocycles. The molecule has 0 spiro atoms. The van der Waals surface area contributed by atoms with Gasteiger partial charge >= 0.3 is 41.8 Å². The molecule has 0 bridgehead atoms. The molecular formula is C41H56O18. The highest BCUT2D eigenvalue weighted by atomic mass is 16.7. The van der Waals surface area contributed by atoms with Crippen molar-refractivity contribution in [1.82, 2.24) is 0 Å². The Morgan fingerprint density at radius 1 is 0.780 bits per heavy atom. The molecule has 0 amide bonds. The maximum absolute atomic E-state index is 13.2. The lowest BCUT2D eigenvalue weighted by Gasteiger charge is -2.68. The van der Waals surface area contributed by atoms with E-state index in [4.69, 9.17) is 42.6 Å². The first kappa shape index (κ1) is 44.4. The zero-order valence-electron chi connectivity index (χ0n) is 34.7. The van der Waals surface area contributed by atoms with Gasteiger partial charge in [0.15, 0.2) is 24.6 Å². The van der Waals surface area contributed by atoms with Gasteiger partial charge in [-0.15, -0.1) is 0 Å². The van der Waals surface area contributed by atoms with E-state index in [2.05, 4.69) is 0 Å². The number of carbonyl (C=O) groups is 7. The van der Waals surface area contributed by atoms with E-state index in [1.54, 1.807) is 6.92 Å². The van der Waals surface area contributed by atoms with Crippen LogP contribution >= 0.6 is 0 Å². The third kappa shape index (κ3) is 7.97. The zero-order chi connectivity index (χ0) is 43.4. The Morgan fingerprint density at radius 2 is 1.39 bits per heavy atom. The van der Waals surface area contributed by atoms with Crippen LogP contribution in [0.1, 0.15) is 100 Å². The molecule has 0 aromatic heterocycles. The van der Waals surface area contributed by atoms with Crippen LogP contribution in [0.25, 0.3) is 0 Å². The van der Waals surface area contributed by atoms with Crippen molar-refractivity contribution in [2.24, 2.45) is 28.6 Å². The van der Waals surface area contributed by atoms with Crippen LogP contribution in [0.15, 0.2) is 11.6 Å². The van der Waals surface area contributed by atoms with Crippen LogP contribution in [0.3, 0.4) is 0 Å². The summed E-state index contributed by atoms with van der Waals surface area (Å²) in [5.41, 5.74) is -5.24. The van der Waals surface area contributed by atoms with Gasteiger partial charge in [-0.2, -0.15) is 0 Å². The van der Waals surface area contributed by atoms with Crippen LogP contribution in [0.4, 0.5) is 0 Å². The number of hydrogen-bond donors (Lipinski definition) is 2. The summed E-state index contributed by atoms with van der Waals surface area (Å²) in [6.45, 7) is 10.1. The molecule has 0 radical (unpaired) electrons. The molecule has 0 unspecified atom stereocenters. The fourth-order valence-electron chi connectivity index (χ4n) is 11.8. The first-order chi connectivity index (χ1) is 27.5. The van der Waals surface area contributed by atoms with Crippen molar-refractivity contribution in [1.29, 1.82) is 0 Å². The molecule has 18 nitrogen and oxygen atoms in total. The molecule has 1 saturated heterocycles. The van der Waals surface area contributed by atoms with Gasteiger partial charge < -0.3 is 52.8 Å². The normalized spacial score (nSPS) is 42.4. The van der Waals surface area contributed by atoms with Crippen LogP contribution in [0.2, 0.25) is 0 Å². The van der Waals surface area contributed by atoms with E-state index >= 15 is 0 Å². The van der Waals surface area contributed by atoms with E-state index < -0.39 is 131 Å². The quantitative estimate of drug-likeness (QED) is 0.181. The Kier molecular flexibility index (Phi) is 12.3. The molecule has 4 saturated carbocycles. The highest BCUT2D eigenvalue weighted by molar-refractivity contribution is 5.85. The number of aliphatic hydroxyl groups is 2. The Morgan fingerprint density at radius 3 is 1.97 bits per heavy atom. The van der Waals surface area contributed by atoms with Crippen LogP contribution in [0.5, 0.6) is 0 Å². The van der Waals surface area contributed by atoms with Gasteiger partial charge in [0.25, 0.3) is 0 Å². The van der Waals surface area contributed by atoms with Gasteiger partial charge in [-0.3, -0.25) is 28.8 Å². The molecule has 18 heteroatoms. The molecule has 0 aromatic carbocycles. The molecule has 4 aliphatic carbocycles. The first-order valence-electron chi connectivity index (χ1n) is 20.2. The van der Waals surface area contributed by atoms with Crippen molar-refractivity contribution < 1.29 is 86.4 Å². The average Bonchev–Trinajstić information content (AvgIpc) is 3.65. The van der Waals surface area contributed by atoms with Gasteiger partial charge in [0.05, 0.1) is 28.8 Å². The monoisotopic (exact) mass is 836 g/mol. The summed E-state index contributed by atoms with van der Waals surface area (Å²) in [5, 5.41) is 26.3. The summed E-state index contributed by atoms with van der Waals surface area (Å²) in [5.74, 6) is -6.78. The molecule has 328 valence electrons. The fourth-order valence-corrected chi connectivity index (χ4v) is 11.8. The maximum Gasteiger partial charge on any atom is 0.331 e. The molecule has 59 heavy (non-hydrogen) atoms. The predicted octanol–water partition coefficient (Wildman–Crippen LogP) is 1.91. The van der Waals surface area contributed by atoms with Gasteiger partial charge in [-0.25, -0.2) is 4.79 Å². The van der Waals surface area contributed by atoms with Crippen molar-refractivity contribution in [3.05, 3.63) is 11.6 Å². The lowest BCUT2D eigenvalue weighted by Crippen LogP contribution is -2.76. The van der Waals surface area contributed by atoms with E-state index in [0.717, 1.165) is 26.3 Å². The topological polar surface area (TPSA) is 243 Å². The first-order valence-corrected chi connectivity index (χ1v) is 20.2. The van der Waals surface area contributed by atoms with Gasteiger partial charge in [-0.05, 0) is 56.4 Å². The smallest absolute Gasteiger partial charge is 0.331 e. The Bertz CT molecular complexity index is 1760. The summed E-state index contributed by atoms with van der Waals surface area (Å²) < 4.78 is 52.5. The Balaban J connectivity index is 1.43. The molecular weight excluding hydrogens is 780 g/mol. The van der Waals surface area contributed by atoms with Crippen molar-refractivity contribution in [2.75, 3.05) is 13.2 Å². The fraction of sp³-hybridized carbons (Fsp3) is 0.780. The van der Waals surface area contributed by atoms with E-state index in [1.807, 2.05) is 6.92 Å². The molecule has 6 rings (SSSR count). The van der Waals surface area contributed by atoms with Crippen molar-refractivity contribution in [2.45, 2.75) is 161 Å². The lowest BCUT2D eigenvalue weighted by molar-refractivity contribution is -0.344. The van der Waals surface area contributed by atoms with Crippen molar-refractivity contribution >= 4 is 41.8 Å². The summed E-state index contributed by atoms with van der Waals surface area (Å²) in [7, 11) is 0. The van der Waals surface area contributed by atoms with Gasteiger partial charge in [0, 0.05) is 71.8 Å². The number of esters is 7. The predicted molar refractivity (Wildman–Crippen MR) is 196 cm³/mol. The number of hydrogen-bond acceptors (Lipinski definition) is 18. The number of carbonyl (C=O) groups excluding carboxylic acids is 7. The second-order valence-corrected chi connectivity index (χ2v) is 17.4. The summed E-state index contributed by atoms with van der Waals surface area (Å²) >= 11 is 0. The minimum Gasteiger partial charge on any atom is -0.465 e. The second-order valence-electron chi connectivity index (χ2n) is 17.4. The van der Waals surface area contributed by atoms with E-state index in [1.165, 1.54) is 26.8 Å². The highest BCUT2D eigenvalue weighted by Crippen LogP contribution is 2.71. The van der Waals surface area contributed by atoms with Crippen LogP contribution in [-0.2, 0) is 76.2 Å². The largest absolute Gasteiger partial charge is 0.465 e. The van der Waals surface area contributed by atoms with Gasteiger partial charge in [0.2, 0.25) is 0 Å². The minimum absolute atomic E-state index is 0.0207. The van der Waals surface area contributed by atoms with Gasteiger partial charge in [0.1, 0.15) is 25.4 Å². The van der Waals surface area contributed by atoms with E-state index in [9.17, 15) is 43.8 Å². The molecule has 5 fully saturated rings. The number of fused-ring (bicyclic) bond motifs is 5. The third-order valence-corrected chi connectivity index (χ3v) is 13.8. The van der Waals surface area contributed by atoms with Crippen LogP contribution in [-0.4, -0.2) is 125 Å². The van der Waals surface area contributed by atoms with Crippen molar-refractivity contribution in [3.63, 3.8) is 0 Å². The third-order valence-electron chi connectivity index (χ3n) is 13.8. The van der Waals surface area contributed by atoms with Crippen molar-refractivity contribution in [3.8, 4) is 0 Å². The maximum atomic E-state index is 13.2. The zero-order valence-corrected chi connectivity index (χ0v) is 34.7. The highest BCUT2D eigenvalue weighted by Gasteiger charge is 2.77. The van der Waals surface area contributed by atoms with E-state index in [0.29, 0.717) is 12.8 Å². The van der Waals surface area contributed by atoms with Gasteiger partial charge in [-0.1, -0.05) is 6.92 Å². The second kappa shape index (κ2) is 16.4. The molecule has 0 aromatic rings. The number of cyclic esters (lactones) is 1. The Labute approximate surface area is 341 Å². The van der Waals surface area contributed by atoms with Crippen LogP contribution in [0, 0.1) is 28.6 Å². The average molecular weight is 837 g/mol. The molecule has 15 atom stereocenters. The molecule has 2 N–H and O–H groups in total. The number of ether oxygens (including phenoxy) is 9. The lowest BCUT2D eigenvalue weighted by atomic mass is 9.40. The summed E-state index contributed by atoms with van der Waals surface area (Å²) in [6, 6.07) is 0. The summed E-state index contributed by atoms with van der Waals surface area (Å²) in [6.07, 6.45) is -7.65. The molecule has 2 aliphatic heterocycles. The summed E-state index contributed by atoms with van der Waals surface area (Å²) in [4.78, 5) is 87.8. The Hall–Kier alpha value is -4.13. The number of rotatable bonds is 10. The van der Waals surface area contributed by atoms with E-state index in [-0.39, 0.29) is 44.6 Å². The standard InChI is InChI=1S/C41H56O18/c1-19-34(56-23(5)45)35(57-24(6)46)36(58-25(7)47)37(53-19)59-27-14-31(55-22(4)44)40(18-52-20(2)42)33-29(9-11-39(40,49)15-27)41(50)12-10-28(26-13-32(48)51-17-26)38(41,8)16-30(33)54-21(3)43/h13,19,27-31,33-37,49-50H,9-12,14-18H2,1-8H3/t19-,27-,28+,29+,30+,31+,33+,34-,35+,36+,37-,38+,39-,40+,41-/m0/s1. The van der Waals surface area contributed by atoms with Crippen LogP contribution < -0.4 is 0 Å². The SMILES string of the molecule is CC(=O)OC[C@@]12[C@@H]3[C@@H](CC[C@]1(O)C[C@@H](O[C@@H]1O[C@@H](C)[C@H](OC(C)=O)[C@@H](OC(C)=O)[C@H]1OC(C)=O)C[C@H]2OC(C)=O)[C@@]1(O)CC[C@H](C2=CC(=O)OC2)[C@@]1(C)C[C@H]3OC(C)=O. The molecule has 6 aliphatic rings.